The molecule has 0 spiro atoms. The zero-order valence-corrected chi connectivity index (χ0v) is 8.81. The molecular formula is C6H4AgNO5S. The molecule has 1 aromatic rings. The van der Waals surface area contributed by atoms with Crippen molar-refractivity contribution in [1.82, 2.24) is 0 Å². The third-order valence-electron chi connectivity index (χ3n) is 1.32. The van der Waals surface area contributed by atoms with Crippen LogP contribution in [0.1, 0.15) is 0 Å². The molecule has 0 unspecified atom stereocenters. The van der Waals surface area contributed by atoms with Gasteiger partial charge in [-0.2, -0.15) is 0 Å². The topological polar surface area (TPSA) is 100 Å². The second-order valence-corrected chi connectivity index (χ2v) is 3.59. The molecule has 0 heterocycles. The van der Waals surface area contributed by atoms with E-state index in [1.54, 1.807) is 0 Å². The van der Waals surface area contributed by atoms with Crippen molar-refractivity contribution in [2.75, 3.05) is 0 Å². The number of hydrogen-bond donors (Lipinski definition) is 0. The molecule has 8 heteroatoms. The summed E-state index contributed by atoms with van der Waals surface area (Å²) in [5.41, 5.74) is -0.420. The monoisotopic (exact) mass is 309 g/mol. The molecule has 80 valence electrons. The SMILES string of the molecule is O=[N+]([O-])c1cccc(S(=O)(=O)[O-])c1.[Ag+]. The number of nitro benzene ring substituents is 1. The molecule has 0 saturated carbocycles. The Bertz CT molecular complexity index is 443. The molecule has 0 saturated heterocycles. The molecule has 0 aliphatic carbocycles. The fourth-order valence-corrected chi connectivity index (χ4v) is 1.26. The molecule has 0 radical (unpaired) electrons. The first-order chi connectivity index (χ1) is 5.91. The quantitative estimate of drug-likeness (QED) is 0.342. The van der Waals surface area contributed by atoms with Crippen molar-refractivity contribution < 1.29 is 40.3 Å². The van der Waals surface area contributed by atoms with E-state index in [4.69, 9.17) is 0 Å². The van der Waals surface area contributed by atoms with Crippen molar-refractivity contribution in [3.8, 4) is 0 Å². The molecule has 0 aliphatic rings. The minimum absolute atomic E-state index is 0. The Hall–Kier alpha value is -0.730. The summed E-state index contributed by atoms with van der Waals surface area (Å²) in [6.07, 6.45) is 0. The second-order valence-electron chi connectivity index (χ2n) is 2.21. The van der Waals surface area contributed by atoms with Crippen LogP contribution in [0.5, 0.6) is 0 Å². The van der Waals surface area contributed by atoms with Gasteiger partial charge in [-0.15, -0.1) is 0 Å². The van der Waals surface area contributed by atoms with E-state index in [1.807, 2.05) is 0 Å². The summed E-state index contributed by atoms with van der Waals surface area (Å²) < 4.78 is 31.3. The molecule has 14 heavy (non-hydrogen) atoms. The number of hydrogen-bond acceptors (Lipinski definition) is 5. The first-order valence-electron chi connectivity index (χ1n) is 3.11. The first kappa shape index (κ1) is 13.3. The molecule has 0 atom stereocenters. The normalized spacial score (nSPS) is 10.4. The van der Waals surface area contributed by atoms with Crippen molar-refractivity contribution in [3.05, 3.63) is 34.4 Å². The van der Waals surface area contributed by atoms with Gasteiger partial charge in [0.1, 0.15) is 10.1 Å². The van der Waals surface area contributed by atoms with Crippen molar-refractivity contribution >= 4 is 15.8 Å². The Morgan fingerprint density at radius 1 is 1.29 bits per heavy atom. The van der Waals surface area contributed by atoms with Gasteiger partial charge in [0, 0.05) is 12.1 Å². The van der Waals surface area contributed by atoms with E-state index in [0.29, 0.717) is 0 Å². The maximum absolute atomic E-state index is 10.4. The maximum atomic E-state index is 10.4. The van der Waals surface area contributed by atoms with Gasteiger partial charge >= 0.3 is 22.4 Å². The summed E-state index contributed by atoms with van der Waals surface area (Å²) in [4.78, 5) is 8.82. The van der Waals surface area contributed by atoms with Crippen LogP contribution in [0.4, 0.5) is 5.69 Å². The largest absolute Gasteiger partial charge is 1.00 e. The summed E-state index contributed by atoms with van der Waals surface area (Å²) in [5, 5.41) is 10.2. The van der Waals surface area contributed by atoms with E-state index in [9.17, 15) is 23.1 Å². The van der Waals surface area contributed by atoms with Crippen LogP contribution in [0.2, 0.25) is 0 Å². The van der Waals surface area contributed by atoms with Crippen molar-refractivity contribution in [3.63, 3.8) is 0 Å². The van der Waals surface area contributed by atoms with Gasteiger partial charge < -0.3 is 4.55 Å². The van der Waals surface area contributed by atoms with Crippen LogP contribution in [-0.4, -0.2) is 17.9 Å². The van der Waals surface area contributed by atoms with Gasteiger partial charge in [0.05, 0.1) is 9.82 Å². The smallest absolute Gasteiger partial charge is 0.744 e. The third-order valence-corrected chi connectivity index (χ3v) is 2.15. The summed E-state index contributed by atoms with van der Waals surface area (Å²) in [7, 11) is -4.61. The molecular weight excluding hydrogens is 306 g/mol. The van der Waals surface area contributed by atoms with E-state index >= 15 is 0 Å². The molecule has 0 aromatic heterocycles. The molecule has 0 aliphatic heterocycles. The van der Waals surface area contributed by atoms with Crippen LogP contribution in [0, 0.1) is 10.1 Å². The van der Waals surface area contributed by atoms with Crippen LogP contribution < -0.4 is 0 Å². The average Bonchev–Trinajstić information content (AvgIpc) is 2.03. The van der Waals surface area contributed by atoms with Gasteiger partial charge in [0.15, 0.2) is 0 Å². The number of nitro groups is 1. The van der Waals surface area contributed by atoms with Crippen molar-refractivity contribution in [2.45, 2.75) is 4.90 Å². The standard InChI is InChI=1S/C6H5NO5S.Ag/c8-7(9)5-2-1-3-6(4-5)13(10,11)12;/h1-4H,(H,10,11,12);/q;+1/p-1. The van der Waals surface area contributed by atoms with E-state index in [0.717, 1.165) is 24.3 Å². The molecule has 6 nitrogen and oxygen atoms in total. The number of non-ortho nitro benzene ring substituents is 1. The fraction of sp³-hybridized carbons (Fsp3) is 0. The van der Waals surface area contributed by atoms with Crippen LogP contribution in [0.3, 0.4) is 0 Å². The van der Waals surface area contributed by atoms with Gasteiger partial charge in [0.2, 0.25) is 0 Å². The molecule has 1 rings (SSSR count). The Morgan fingerprint density at radius 3 is 2.29 bits per heavy atom. The third kappa shape index (κ3) is 3.20. The van der Waals surface area contributed by atoms with E-state index < -0.39 is 25.6 Å². The van der Waals surface area contributed by atoms with E-state index in [1.165, 1.54) is 0 Å². The molecule has 1 aromatic carbocycles. The van der Waals surface area contributed by atoms with Gasteiger partial charge in [-0.1, -0.05) is 6.07 Å². The minimum Gasteiger partial charge on any atom is -0.744 e. The first-order valence-corrected chi connectivity index (χ1v) is 4.52. The number of benzene rings is 1. The Morgan fingerprint density at radius 2 is 1.86 bits per heavy atom. The summed E-state index contributed by atoms with van der Waals surface area (Å²) in [5.74, 6) is 0. The molecule has 0 N–H and O–H groups in total. The van der Waals surface area contributed by atoms with E-state index in [2.05, 4.69) is 0 Å². The summed E-state index contributed by atoms with van der Waals surface area (Å²) in [6, 6.07) is 3.98. The predicted molar refractivity (Wildman–Crippen MR) is 41.1 cm³/mol. The molecule has 0 amide bonds. The van der Waals surface area contributed by atoms with Crippen molar-refractivity contribution in [2.24, 2.45) is 0 Å². The van der Waals surface area contributed by atoms with Gasteiger partial charge in [0.25, 0.3) is 5.69 Å². The summed E-state index contributed by atoms with van der Waals surface area (Å²) >= 11 is 0. The van der Waals surface area contributed by atoms with Crippen LogP contribution in [0.15, 0.2) is 29.2 Å². The fourth-order valence-electron chi connectivity index (χ4n) is 0.753. The Balaban J connectivity index is 0.00000169. The minimum atomic E-state index is -4.61. The number of nitrogens with zero attached hydrogens (tertiary/aromatic N) is 1. The summed E-state index contributed by atoms with van der Waals surface area (Å²) in [6.45, 7) is 0. The number of rotatable bonds is 2. The zero-order valence-electron chi connectivity index (χ0n) is 6.51. The molecule has 0 bridgehead atoms. The van der Waals surface area contributed by atoms with Gasteiger partial charge in [-0.3, -0.25) is 10.1 Å². The van der Waals surface area contributed by atoms with E-state index in [-0.39, 0.29) is 22.4 Å². The van der Waals surface area contributed by atoms with Crippen LogP contribution >= 0.6 is 0 Å². The van der Waals surface area contributed by atoms with Crippen LogP contribution in [0.25, 0.3) is 0 Å². The van der Waals surface area contributed by atoms with Crippen LogP contribution in [-0.2, 0) is 32.5 Å². The van der Waals surface area contributed by atoms with Crippen molar-refractivity contribution in [1.29, 1.82) is 0 Å². The maximum Gasteiger partial charge on any atom is 1.00 e. The average molecular weight is 310 g/mol. The Labute approximate surface area is 95.3 Å². The predicted octanol–water partition coefficient (Wildman–Crippen LogP) is 0.496. The second kappa shape index (κ2) is 4.67. The zero-order chi connectivity index (χ0) is 10.1. The van der Waals surface area contributed by atoms with Gasteiger partial charge in [-0.05, 0) is 6.07 Å². The van der Waals surface area contributed by atoms with Gasteiger partial charge in [-0.25, -0.2) is 8.42 Å². The Kier molecular flexibility index (Phi) is 4.43. The molecule has 0 fully saturated rings.